The molecule has 0 aliphatic heterocycles. The highest BCUT2D eigenvalue weighted by Gasteiger charge is 2.29. The fraction of sp³-hybridized carbons (Fsp3) is 0.0909. The molecule has 0 spiro atoms. The molecule has 1 amide bonds. The number of aromatic nitrogens is 3. The van der Waals surface area contributed by atoms with Crippen LogP contribution in [0.15, 0.2) is 65.6 Å². The van der Waals surface area contributed by atoms with Crippen LogP contribution >= 0.6 is 0 Å². The van der Waals surface area contributed by atoms with E-state index in [9.17, 15) is 13.6 Å². The third-order valence-electron chi connectivity index (χ3n) is 4.47. The largest absolute Gasteiger partial charge is 0.336 e. The molecule has 0 saturated carbocycles. The van der Waals surface area contributed by atoms with E-state index in [0.717, 1.165) is 5.56 Å². The minimum absolute atomic E-state index is 0.00251. The van der Waals surface area contributed by atoms with E-state index in [4.69, 9.17) is 4.52 Å². The molecule has 150 valence electrons. The van der Waals surface area contributed by atoms with Crippen molar-refractivity contribution in [1.82, 2.24) is 15.1 Å². The van der Waals surface area contributed by atoms with E-state index in [1.807, 2.05) is 6.92 Å². The quantitative estimate of drug-likeness (QED) is 0.473. The Labute approximate surface area is 170 Å². The Bertz CT molecular complexity index is 1230. The molecule has 0 unspecified atom stereocenters. The number of aryl methyl sites for hydroxylation is 1. The Morgan fingerprint density at radius 3 is 2.63 bits per heavy atom. The van der Waals surface area contributed by atoms with E-state index in [-0.39, 0.29) is 22.8 Å². The van der Waals surface area contributed by atoms with Gasteiger partial charge in [-0.25, -0.2) is 23.6 Å². The van der Waals surface area contributed by atoms with Crippen LogP contribution in [0.3, 0.4) is 0 Å². The molecule has 0 aliphatic rings. The number of halogens is 2. The summed E-state index contributed by atoms with van der Waals surface area (Å²) in [6.07, 6.45) is 2.83. The molecule has 6 nitrogen and oxygen atoms in total. The second kappa shape index (κ2) is 7.82. The van der Waals surface area contributed by atoms with Gasteiger partial charge in [-0.15, -0.1) is 0 Å². The van der Waals surface area contributed by atoms with E-state index < -0.39 is 17.5 Å². The number of hydrogen-bond donors (Lipinski definition) is 0. The van der Waals surface area contributed by atoms with Gasteiger partial charge in [-0.05, 0) is 43.3 Å². The second-order valence-electron chi connectivity index (χ2n) is 6.62. The molecule has 0 bridgehead atoms. The maximum absolute atomic E-state index is 14.7. The van der Waals surface area contributed by atoms with Crippen LogP contribution in [0.5, 0.6) is 0 Å². The molecular weight excluding hydrogens is 390 g/mol. The van der Waals surface area contributed by atoms with Gasteiger partial charge >= 0.3 is 0 Å². The van der Waals surface area contributed by atoms with Crippen LogP contribution in [0.4, 0.5) is 20.4 Å². The first-order valence-corrected chi connectivity index (χ1v) is 9.04. The zero-order valence-electron chi connectivity index (χ0n) is 16.1. The molecule has 0 radical (unpaired) electrons. The lowest BCUT2D eigenvalue weighted by Gasteiger charge is -2.19. The molecule has 4 aromatic rings. The molecule has 4 rings (SSSR count). The predicted molar refractivity (Wildman–Crippen MR) is 107 cm³/mol. The first-order chi connectivity index (χ1) is 14.5. The molecule has 2 aromatic heterocycles. The van der Waals surface area contributed by atoms with Crippen molar-refractivity contribution in [2.45, 2.75) is 13.8 Å². The maximum Gasteiger partial charge on any atom is 0.248 e. The highest BCUT2D eigenvalue weighted by Crippen LogP contribution is 2.42. The summed E-state index contributed by atoms with van der Waals surface area (Å²) in [5, 5.41) is 4.05. The first-order valence-electron chi connectivity index (χ1n) is 9.04. The summed E-state index contributed by atoms with van der Waals surface area (Å²) >= 11 is 0. The summed E-state index contributed by atoms with van der Waals surface area (Å²) in [6, 6.07) is 11.7. The molecule has 0 aliphatic carbocycles. The van der Waals surface area contributed by atoms with Gasteiger partial charge in [0.1, 0.15) is 23.7 Å². The third-order valence-corrected chi connectivity index (χ3v) is 4.47. The number of amides is 1. The Kier molecular flexibility index (Phi) is 5.05. The number of benzene rings is 2. The molecule has 0 fully saturated rings. The van der Waals surface area contributed by atoms with Gasteiger partial charge in [0.05, 0.1) is 16.9 Å². The van der Waals surface area contributed by atoms with Crippen molar-refractivity contribution in [1.29, 1.82) is 0 Å². The summed E-state index contributed by atoms with van der Waals surface area (Å²) in [7, 11) is 0. The smallest absolute Gasteiger partial charge is 0.248 e. The SMILES string of the molecule is CC(=O)N(c1cccc(F)c1)c1onc(-c2cc(C)ccc2F)c1-c1ccncn1. The molecule has 0 atom stereocenters. The van der Waals surface area contributed by atoms with E-state index in [0.29, 0.717) is 11.3 Å². The molecule has 30 heavy (non-hydrogen) atoms. The summed E-state index contributed by atoms with van der Waals surface area (Å²) in [4.78, 5) is 21.8. The van der Waals surface area contributed by atoms with E-state index in [1.165, 1.54) is 48.6 Å². The van der Waals surface area contributed by atoms with Gasteiger partial charge in [-0.3, -0.25) is 4.79 Å². The van der Waals surface area contributed by atoms with Gasteiger partial charge in [0, 0.05) is 18.7 Å². The Morgan fingerprint density at radius 1 is 1.10 bits per heavy atom. The van der Waals surface area contributed by atoms with E-state index in [2.05, 4.69) is 15.1 Å². The first kappa shape index (κ1) is 19.4. The highest BCUT2D eigenvalue weighted by atomic mass is 19.1. The minimum Gasteiger partial charge on any atom is -0.336 e. The summed E-state index contributed by atoms with van der Waals surface area (Å²) in [5.74, 6) is -1.46. The molecule has 8 heteroatoms. The Morgan fingerprint density at radius 2 is 1.93 bits per heavy atom. The molecule has 2 aromatic carbocycles. The zero-order chi connectivity index (χ0) is 21.3. The molecular formula is C22H16F2N4O2. The average molecular weight is 406 g/mol. The molecule has 2 heterocycles. The number of hydrogen-bond acceptors (Lipinski definition) is 5. The third kappa shape index (κ3) is 3.55. The van der Waals surface area contributed by atoms with Crippen molar-refractivity contribution in [3.63, 3.8) is 0 Å². The van der Waals surface area contributed by atoms with Crippen molar-refractivity contribution >= 4 is 17.5 Å². The van der Waals surface area contributed by atoms with Crippen molar-refractivity contribution in [2.24, 2.45) is 0 Å². The lowest BCUT2D eigenvalue weighted by molar-refractivity contribution is -0.116. The number of nitrogens with zero attached hydrogens (tertiary/aromatic N) is 4. The van der Waals surface area contributed by atoms with E-state index >= 15 is 0 Å². The monoisotopic (exact) mass is 406 g/mol. The van der Waals surface area contributed by atoms with Crippen LogP contribution in [0.1, 0.15) is 12.5 Å². The second-order valence-corrected chi connectivity index (χ2v) is 6.62. The van der Waals surface area contributed by atoms with Crippen molar-refractivity contribution in [3.8, 4) is 22.5 Å². The van der Waals surface area contributed by atoms with Crippen LogP contribution < -0.4 is 4.90 Å². The van der Waals surface area contributed by atoms with Gasteiger partial charge in [-0.2, -0.15) is 0 Å². The fourth-order valence-corrected chi connectivity index (χ4v) is 3.17. The van der Waals surface area contributed by atoms with Crippen molar-refractivity contribution in [3.05, 3.63) is 78.3 Å². The zero-order valence-corrected chi connectivity index (χ0v) is 16.1. The summed E-state index contributed by atoms with van der Waals surface area (Å²) in [5.41, 5.74) is 2.10. The van der Waals surface area contributed by atoms with Gasteiger partial charge in [0.25, 0.3) is 0 Å². The summed E-state index contributed by atoms with van der Waals surface area (Å²) < 4.78 is 34.0. The van der Waals surface area contributed by atoms with Gasteiger partial charge in [0.2, 0.25) is 11.8 Å². The number of carbonyl (C=O) groups is 1. The van der Waals surface area contributed by atoms with Crippen LogP contribution in [0.2, 0.25) is 0 Å². The minimum atomic E-state index is -0.521. The van der Waals surface area contributed by atoms with Crippen molar-refractivity contribution in [2.75, 3.05) is 4.90 Å². The van der Waals surface area contributed by atoms with Crippen LogP contribution in [0.25, 0.3) is 22.5 Å². The highest BCUT2D eigenvalue weighted by molar-refractivity contribution is 6.03. The molecule has 0 saturated heterocycles. The number of rotatable bonds is 4. The van der Waals surface area contributed by atoms with Crippen LogP contribution in [0, 0.1) is 18.6 Å². The Hall–Kier alpha value is -3.94. The lowest BCUT2D eigenvalue weighted by Crippen LogP contribution is -2.23. The fourth-order valence-electron chi connectivity index (χ4n) is 3.17. The van der Waals surface area contributed by atoms with Gasteiger partial charge < -0.3 is 4.52 Å². The van der Waals surface area contributed by atoms with E-state index in [1.54, 1.807) is 24.3 Å². The lowest BCUT2D eigenvalue weighted by atomic mass is 10.0. The van der Waals surface area contributed by atoms with Crippen LogP contribution in [-0.2, 0) is 4.79 Å². The van der Waals surface area contributed by atoms with Gasteiger partial charge in [-0.1, -0.05) is 22.9 Å². The number of carbonyl (C=O) groups excluding carboxylic acids is 1. The van der Waals surface area contributed by atoms with Gasteiger partial charge in [0.15, 0.2) is 0 Å². The van der Waals surface area contributed by atoms with Crippen molar-refractivity contribution < 1.29 is 18.1 Å². The summed E-state index contributed by atoms with van der Waals surface area (Å²) in [6.45, 7) is 3.13. The van der Waals surface area contributed by atoms with Crippen LogP contribution in [-0.4, -0.2) is 21.0 Å². The average Bonchev–Trinajstić information content (AvgIpc) is 3.14. The standard InChI is InChI=1S/C22H16F2N4O2/c1-13-6-7-18(24)17(10-13)21-20(19-8-9-25-12-26-19)22(30-27-21)28(14(2)29)16-5-3-4-15(23)11-16/h3-12H,1-2H3. The normalized spacial score (nSPS) is 10.8. The predicted octanol–water partition coefficient (Wildman–Crippen LogP) is 5.07. The topological polar surface area (TPSA) is 72.1 Å². The molecule has 0 N–H and O–H groups in total. The maximum atomic E-state index is 14.7. The Balaban J connectivity index is 2.00. The number of anilines is 2.